The van der Waals surface area contributed by atoms with Crippen LogP contribution in [0.25, 0.3) is 0 Å². The van der Waals surface area contributed by atoms with Crippen LogP contribution in [0, 0.1) is 0 Å². The second kappa shape index (κ2) is 5.30. The lowest BCUT2D eigenvalue weighted by molar-refractivity contribution is -0.0553. The number of carbonyl (C=O) groups is 1. The molecule has 0 saturated carbocycles. The van der Waals surface area contributed by atoms with Gasteiger partial charge >= 0.3 is 5.97 Å². The van der Waals surface area contributed by atoms with E-state index >= 15 is 0 Å². The van der Waals surface area contributed by atoms with Crippen molar-refractivity contribution in [2.45, 2.75) is 57.6 Å². The first kappa shape index (κ1) is 14.3. The van der Waals surface area contributed by atoms with Crippen molar-refractivity contribution in [3.05, 3.63) is 22.9 Å². The molecule has 0 radical (unpaired) electrons. The Morgan fingerprint density at radius 1 is 1.48 bits per heavy atom. The van der Waals surface area contributed by atoms with Crippen LogP contribution in [0.15, 0.2) is 6.07 Å². The van der Waals surface area contributed by atoms with E-state index in [2.05, 4.69) is 24.1 Å². The minimum Gasteiger partial charge on any atom is -0.478 e. The molecule has 1 saturated heterocycles. The van der Waals surface area contributed by atoms with E-state index in [0.717, 1.165) is 43.4 Å². The third-order valence-electron chi connectivity index (χ3n) is 4.32. The van der Waals surface area contributed by atoms with Crippen molar-refractivity contribution in [3.63, 3.8) is 0 Å². The fraction of sp³-hybridized carbons (Fsp3) is 0.625. The van der Waals surface area contributed by atoms with Gasteiger partial charge in [-0.05, 0) is 57.6 Å². The summed E-state index contributed by atoms with van der Waals surface area (Å²) in [4.78, 5) is 16.1. The highest BCUT2D eigenvalue weighted by Gasteiger charge is 2.30. The number of aryl methyl sites for hydroxylation is 2. The van der Waals surface area contributed by atoms with Crippen molar-refractivity contribution in [2.75, 3.05) is 11.9 Å². The Bertz CT molecular complexity index is 569. The predicted octanol–water partition coefficient (Wildman–Crippen LogP) is 2.64. The number of carboxylic acid groups (broad SMARTS) is 1. The Balaban J connectivity index is 1.86. The fourth-order valence-corrected chi connectivity index (χ4v) is 3.29. The monoisotopic (exact) mass is 290 g/mol. The van der Waals surface area contributed by atoms with Crippen molar-refractivity contribution in [1.82, 2.24) is 4.98 Å². The average molecular weight is 290 g/mol. The lowest BCUT2D eigenvalue weighted by Crippen LogP contribution is -2.40. The second-order valence-electron chi connectivity index (χ2n) is 6.59. The van der Waals surface area contributed by atoms with E-state index in [1.807, 2.05) is 0 Å². The molecule has 5 heteroatoms. The zero-order valence-corrected chi connectivity index (χ0v) is 12.6. The molecule has 1 unspecified atom stereocenters. The van der Waals surface area contributed by atoms with Crippen LogP contribution in [0.5, 0.6) is 0 Å². The molecule has 1 aromatic rings. The number of fused-ring (bicyclic) bond motifs is 1. The lowest BCUT2D eigenvalue weighted by atomic mass is 9.94. The van der Waals surface area contributed by atoms with Crippen molar-refractivity contribution >= 4 is 11.8 Å². The molecule has 3 rings (SSSR count). The summed E-state index contributed by atoms with van der Waals surface area (Å²) >= 11 is 0. The van der Waals surface area contributed by atoms with E-state index in [0.29, 0.717) is 18.0 Å². The minimum absolute atomic E-state index is 0.171. The minimum atomic E-state index is -0.911. The predicted molar refractivity (Wildman–Crippen MR) is 79.9 cm³/mol. The Kier molecular flexibility index (Phi) is 3.61. The van der Waals surface area contributed by atoms with Gasteiger partial charge in [-0.1, -0.05) is 0 Å². The molecule has 1 aromatic heterocycles. The van der Waals surface area contributed by atoms with E-state index < -0.39 is 5.97 Å². The number of hydrogen-bond donors (Lipinski definition) is 2. The second-order valence-corrected chi connectivity index (χ2v) is 6.59. The van der Waals surface area contributed by atoms with Crippen LogP contribution in [0.3, 0.4) is 0 Å². The Hall–Kier alpha value is -1.62. The van der Waals surface area contributed by atoms with Crippen LogP contribution in [0.2, 0.25) is 0 Å². The first-order chi connectivity index (χ1) is 9.94. The molecule has 0 amide bonds. The molecule has 1 fully saturated rings. The maximum atomic E-state index is 11.5. The van der Waals surface area contributed by atoms with Crippen LogP contribution in [-0.2, 0) is 17.6 Å². The highest BCUT2D eigenvalue weighted by molar-refractivity contribution is 5.93. The van der Waals surface area contributed by atoms with Gasteiger partial charge < -0.3 is 15.2 Å². The van der Waals surface area contributed by atoms with Gasteiger partial charge in [0.15, 0.2) is 0 Å². The number of hydrogen-bond acceptors (Lipinski definition) is 4. The largest absolute Gasteiger partial charge is 0.478 e. The third kappa shape index (κ3) is 3.02. The van der Waals surface area contributed by atoms with Gasteiger partial charge in [-0.15, -0.1) is 0 Å². The summed E-state index contributed by atoms with van der Waals surface area (Å²) in [5.41, 5.74) is 2.26. The topological polar surface area (TPSA) is 71.5 Å². The molecule has 21 heavy (non-hydrogen) atoms. The average Bonchev–Trinajstić information content (AvgIpc) is 2.83. The molecule has 0 aromatic carbocycles. The molecule has 2 N–H and O–H groups in total. The molecule has 2 heterocycles. The number of anilines is 1. The number of aromatic carboxylic acids is 1. The van der Waals surface area contributed by atoms with Gasteiger partial charge in [0.25, 0.3) is 0 Å². The highest BCUT2D eigenvalue weighted by Crippen LogP contribution is 2.29. The summed E-state index contributed by atoms with van der Waals surface area (Å²) in [6, 6.07) is 2.00. The van der Waals surface area contributed by atoms with Crippen LogP contribution >= 0.6 is 0 Å². The molecule has 114 valence electrons. The fourth-order valence-electron chi connectivity index (χ4n) is 3.29. The summed E-state index contributed by atoms with van der Waals surface area (Å²) in [5, 5.41) is 12.8. The lowest BCUT2D eigenvalue weighted by Gasteiger charge is -2.36. The van der Waals surface area contributed by atoms with Gasteiger partial charge in [-0.2, -0.15) is 0 Å². The normalized spacial score (nSPS) is 23.6. The van der Waals surface area contributed by atoms with Crippen molar-refractivity contribution in [1.29, 1.82) is 0 Å². The number of nitrogens with zero attached hydrogens (tertiary/aromatic N) is 1. The zero-order chi connectivity index (χ0) is 15.0. The van der Waals surface area contributed by atoms with Gasteiger partial charge in [0.05, 0.1) is 5.60 Å². The quantitative estimate of drug-likeness (QED) is 0.895. The summed E-state index contributed by atoms with van der Waals surface area (Å²) in [6.07, 6.45) is 4.68. The molecule has 2 aliphatic rings. The number of nitrogens with one attached hydrogen (secondary N) is 1. The number of pyridine rings is 1. The Morgan fingerprint density at radius 2 is 2.29 bits per heavy atom. The summed E-state index contributed by atoms with van der Waals surface area (Å²) < 4.78 is 5.71. The van der Waals surface area contributed by atoms with Crippen molar-refractivity contribution < 1.29 is 14.6 Å². The van der Waals surface area contributed by atoms with Crippen LogP contribution < -0.4 is 5.32 Å². The molecular weight excluding hydrogens is 268 g/mol. The van der Waals surface area contributed by atoms with Gasteiger partial charge in [0.2, 0.25) is 0 Å². The SMILES string of the molecule is CC1(C)CC(Nc2nc3c(cc2C(=O)O)CCC3)CCO1. The van der Waals surface area contributed by atoms with Crippen LogP contribution in [0.4, 0.5) is 5.82 Å². The van der Waals surface area contributed by atoms with Gasteiger partial charge in [-0.3, -0.25) is 0 Å². The third-order valence-corrected chi connectivity index (χ3v) is 4.32. The Morgan fingerprint density at radius 3 is 3.00 bits per heavy atom. The first-order valence-corrected chi connectivity index (χ1v) is 7.61. The van der Waals surface area contributed by atoms with E-state index in [9.17, 15) is 9.90 Å². The van der Waals surface area contributed by atoms with E-state index in [1.54, 1.807) is 6.07 Å². The standard InChI is InChI=1S/C16H22N2O3/c1-16(2)9-11(6-7-21-16)17-14-12(15(19)20)8-10-4-3-5-13(10)18-14/h8,11H,3-7,9H2,1-2H3,(H,17,18)(H,19,20). The van der Waals surface area contributed by atoms with Gasteiger partial charge in [0, 0.05) is 18.3 Å². The smallest absolute Gasteiger partial charge is 0.339 e. The molecule has 1 aliphatic carbocycles. The maximum Gasteiger partial charge on any atom is 0.339 e. The molecule has 1 atom stereocenters. The van der Waals surface area contributed by atoms with Gasteiger partial charge in [-0.25, -0.2) is 9.78 Å². The number of ether oxygens (including phenoxy) is 1. The molecule has 0 bridgehead atoms. The number of carboxylic acids is 1. The van der Waals surface area contributed by atoms with E-state index in [1.165, 1.54) is 0 Å². The molecule has 5 nitrogen and oxygen atoms in total. The molecule has 1 aliphatic heterocycles. The molecule has 0 spiro atoms. The van der Waals surface area contributed by atoms with Gasteiger partial charge in [0.1, 0.15) is 11.4 Å². The van der Waals surface area contributed by atoms with E-state index in [4.69, 9.17) is 4.74 Å². The van der Waals surface area contributed by atoms with Crippen LogP contribution in [-0.4, -0.2) is 34.3 Å². The summed E-state index contributed by atoms with van der Waals surface area (Å²) in [7, 11) is 0. The summed E-state index contributed by atoms with van der Waals surface area (Å²) in [5.74, 6) is -0.392. The first-order valence-electron chi connectivity index (χ1n) is 7.61. The van der Waals surface area contributed by atoms with Crippen molar-refractivity contribution in [3.8, 4) is 0 Å². The Labute approximate surface area is 124 Å². The maximum absolute atomic E-state index is 11.5. The number of rotatable bonds is 3. The molecular formula is C16H22N2O3. The van der Waals surface area contributed by atoms with E-state index in [-0.39, 0.29) is 11.6 Å². The zero-order valence-electron chi connectivity index (χ0n) is 12.6. The highest BCUT2D eigenvalue weighted by atomic mass is 16.5. The van der Waals surface area contributed by atoms with Crippen molar-refractivity contribution in [2.24, 2.45) is 0 Å². The summed E-state index contributed by atoms with van der Waals surface area (Å²) in [6.45, 7) is 4.82. The number of aromatic nitrogens is 1. The van der Waals surface area contributed by atoms with Crippen LogP contribution in [0.1, 0.15) is 54.7 Å².